The largest absolute Gasteiger partial charge is 0.462 e. The molecule has 0 fully saturated rings. The highest BCUT2D eigenvalue weighted by Gasteiger charge is 2.13. The second kappa shape index (κ2) is 8.15. The molecule has 0 aliphatic heterocycles. The summed E-state index contributed by atoms with van der Waals surface area (Å²) in [4.78, 5) is 24.0. The van der Waals surface area contributed by atoms with Gasteiger partial charge in [-0.3, -0.25) is 9.78 Å². The molecule has 3 aromatic heterocycles. The number of rotatable bonds is 6. The summed E-state index contributed by atoms with van der Waals surface area (Å²) in [5.41, 5.74) is 1.39. The van der Waals surface area contributed by atoms with Crippen LogP contribution in [0.3, 0.4) is 0 Å². The van der Waals surface area contributed by atoms with E-state index in [0.29, 0.717) is 23.4 Å². The number of aromatic nitrogens is 5. The van der Waals surface area contributed by atoms with Crippen LogP contribution in [0.5, 0.6) is 6.01 Å². The number of halogens is 1. The summed E-state index contributed by atoms with van der Waals surface area (Å²) in [6, 6.07) is 4.56. The van der Waals surface area contributed by atoms with Crippen LogP contribution in [-0.4, -0.2) is 36.2 Å². The Morgan fingerprint density at radius 1 is 1.19 bits per heavy atom. The van der Waals surface area contributed by atoms with E-state index in [0.717, 1.165) is 6.20 Å². The maximum atomic E-state index is 13.3. The summed E-state index contributed by atoms with van der Waals surface area (Å²) in [6.45, 7) is 2.52. The molecule has 10 heteroatoms. The van der Waals surface area contributed by atoms with Crippen molar-refractivity contribution in [2.45, 2.75) is 18.4 Å². The van der Waals surface area contributed by atoms with Crippen LogP contribution in [-0.2, 0) is 6.54 Å². The molecule has 3 heterocycles. The van der Waals surface area contributed by atoms with Crippen molar-refractivity contribution >= 4 is 18.5 Å². The normalized spacial score (nSPS) is 11.4. The van der Waals surface area contributed by atoms with E-state index in [1.165, 1.54) is 23.0 Å². The van der Waals surface area contributed by atoms with Gasteiger partial charge in [0.05, 0.1) is 18.4 Å². The van der Waals surface area contributed by atoms with Crippen LogP contribution in [0.2, 0.25) is 0 Å². The molecule has 27 heavy (non-hydrogen) atoms. The second-order valence-electron chi connectivity index (χ2n) is 6.27. The smallest absolute Gasteiger partial charge is 0.316 e. The third kappa shape index (κ3) is 5.59. The Labute approximate surface area is 159 Å². The second-order valence-corrected chi connectivity index (χ2v) is 9.58. The van der Waals surface area contributed by atoms with Gasteiger partial charge in [-0.25, -0.2) is 19.0 Å². The SMILES string of the molecule is CC(P)(P)COc1ncc(-c2ccc(=O)n(Cc3cncc(F)c3)n2)cn1. The van der Waals surface area contributed by atoms with E-state index in [1.54, 1.807) is 18.5 Å². The van der Waals surface area contributed by atoms with Crippen molar-refractivity contribution in [2.24, 2.45) is 0 Å². The third-order valence-corrected chi connectivity index (χ3v) is 3.73. The fourth-order valence-corrected chi connectivity index (χ4v) is 2.34. The standard InChI is InChI=1S/C17H18FN5O2P2/c1-17(26,27)10-25-16-20-6-12(7-21-16)14-2-3-15(24)23(22-14)9-11-4-13(18)8-19-5-11/h2-8H,9-10,26-27H2,1H3. The molecule has 0 spiro atoms. The first kappa shape index (κ1) is 19.5. The molecule has 0 aromatic carbocycles. The Bertz CT molecular complexity index is 990. The van der Waals surface area contributed by atoms with Crippen LogP contribution in [0.4, 0.5) is 4.39 Å². The summed E-state index contributed by atoms with van der Waals surface area (Å²) in [6.07, 6.45) is 5.75. The molecule has 0 aliphatic rings. The lowest BCUT2D eigenvalue weighted by atomic mass is 10.2. The summed E-state index contributed by atoms with van der Waals surface area (Å²) in [7, 11) is 5.31. The Balaban J connectivity index is 1.80. The van der Waals surface area contributed by atoms with Gasteiger partial charge in [0.15, 0.2) is 0 Å². The van der Waals surface area contributed by atoms with Crippen molar-refractivity contribution in [3.63, 3.8) is 0 Å². The highest BCUT2D eigenvalue weighted by atomic mass is 31.1. The van der Waals surface area contributed by atoms with Crippen molar-refractivity contribution in [1.29, 1.82) is 0 Å². The van der Waals surface area contributed by atoms with Crippen molar-refractivity contribution < 1.29 is 9.13 Å². The monoisotopic (exact) mass is 405 g/mol. The maximum absolute atomic E-state index is 13.3. The lowest BCUT2D eigenvalue weighted by Crippen LogP contribution is -2.23. The maximum Gasteiger partial charge on any atom is 0.316 e. The molecule has 7 nitrogen and oxygen atoms in total. The molecule has 0 bridgehead atoms. The molecule has 2 unspecified atom stereocenters. The predicted octanol–water partition coefficient (Wildman–Crippen LogP) is 2.13. The number of nitrogens with zero attached hydrogens (tertiary/aromatic N) is 5. The molecule has 0 N–H and O–H groups in total. The van der Waals surface area contributed by atoms with E-state index in [4.69, 9.17) is 4.74 Å². The molecule has 0 saturated carbocycles. The van der Waals surface area contributed by atoms with E-state index in [1.807, 2.05) is 6.92 Å². The van der Waals surface area contributed by atoms with Crippen molar-refractivity contribution in [3.05, 3.63) is 64.7 Å². The zero-order valence-corrected chi connectivity index (χ0v) is 16.9. The number of ether oxygens (including phenoxy) is 1. The summed E-state index contributed by atoms with van der Waals surface area (Å²) >= 11 is 0. The molecule has 0 aliphatic carbocycles. The Hall–Kier alpha value is -2.30. The average Bonchev–Trinajstić information content (AvgIpc) is 2.62. The van der Waals surface area contributed by atoms with E-state index in [2.05, 4.69) is 38.5 Å². The first-order chi connectivity index (χ1) is 12.8. The Morgan fingerprint density at radius 3 is 2.59 bits per heavy atom. The van der Waals surface area contributed by atoms with Gasteiger partial charge in [0, 0.05) is 35.1 Å². The van der Waals surface area contributed by atoms with E-state index in [-0.39, 0.29) is 23.0 Å². The van der Waals surface area contributed by atoms with Crippen LogP contribution < -0.4 is 10.3 Å². The molecule has 3 aromatic rings. The van der Waals surface area contributed by atoms with Gasteiger partial charge < -0.3 is 4.74 Å². The van der Waals surface area contributed by atoms with Crippen LogP contribution in [0, 0.1) is 5.82 Å². The van der Waals surface area contributed by atoms with Gasteiger partial charge in [-0.05, 0) is 24.6 Å². The third-order valence-electron chi connectivity index (χ3n) is 3.40. The predicted molar refractivity (Wildman–Crippen MR) is 106 cm³/mol. The lowest BCUT2D eigenvalue weighted by Gasteiger charge is -2.17. The number of hydrogen-bond donors (Lipinski definition) is 0. The van der Waals surface area contributed by atoms with E-state index < -0.39 is 5.82 Å². The molecular weight excluding hydrogens is 387 g/mol. The fraction of sp³-hybridized carbons (Fsp3) is 0.235. The van der Waals surface area contributed by atoms with Crippen LogP contribution in [0.25, 0.3) is 11.3 Å². The average molecular weight is 405 g/mol. The van der Waals surface area contributed by atoms with Crippen molar-refractivity contribution in [3.8, 4) is 17.3 Å². The van der Waals surface area contributed by atoms with Crippen LogP contribution >= 0.6 is 18.5 Å². The van der Waals surface area contributed by atoms with Gasteiger partial charge >= 0.3 is 6.01 Å². The van der Waals surface area contributed by atoms with E-state index in [9.17, 15) is 9.18 Å². The topological polar surface area (TPSA) is 82.8 Å². The molecular formula is C17H18FN5O2P2. The Morgan fingerprint density at radius 2 is 1.93 bits per heavy atom. The first-order valence-electron chi connectivity index (χ1n) is 8.01. The highest BCUT2D eigenvalue weighted by Crippen LogP contribution is 2.26. The van der Waals surface area contributed by atoms with Gasteiger partial charge in [0.2, 0.25) is 0 Å². The van der Waals surface area contributed by atoms with Gasteiger partial charge in [0.1, 0.15) is 12.4 Å². The number of pyridine rings is 1. The molecule has 2 atom stereocenters. The zero-order chi connectivity index (χ0) is 19.4. The Kier molecular flexibility index (Phi) is 5.88. The van der Waals surface area contributed by atoms with E-state index >= 15 is 0 Å². The van der Waals surface area contributed by atoms with Crippen LogP contribution in [0.15, 0.2) is 47.8 Å². The summed E-state index contributed by atoms with van der Waals surface area (Å²) < 4.78 is 20.0. The number of hydrogen-bond acceptors (Lipinski definition) is 6. The summed E-state index contributed by atoms with van der Waals surface area (Å²) in [5, 5.41) is 4.31. The van der Waals surface area contributed by atoms with Gasteiger partial charge in [-0.1, -0.05) is 0 Å². The zero-order valence-electron chi connectivity index (χ0n) is 14.5. The molecule has 0 radical (unpaired) electrons. The minimum absolute atomic E-state index is 0.112. The minimum Gasteiger partial charge on any atom is -0.462 e. The summed E-state index contributed by atoms with van der Waals surface area (Å²) in [5.74, 6) is -0.465. The van der Waals surface area contributed by atoms with Crippen molar-refractivity contribution in [2.75, 3.05) is 6.61 Å². The highest BCUT2D eigenvalue weighted by molar-refractivity contribution is 7.39. The van der Waals surface area contributed by atoms with Gasteiger partial charge in [-0.2, -0.15) is 5.10 Å². The van der Waals surface area contributed by atoms with Crippen LogP contribution in [0.1, 0.15) is 12.5 Å². The molecule has 0 saturated heterocycles. The quantitative estimate of drug-likeness (QED) is 0.585. The first-order valence-corrected chi connectivity index (χ1v) is 9.16. The fourth-order valence-electron chi connectivity index (χ4n) is 2.17. The molecule has 140 valence electrons. The van der Waals surface area contributed by atoms with Crippen molar-refractivity contribution in [1.82, 2.24) is 24.7 Å². The van der Waals surface area contributed by atoms with Gasteiger partial charge in [-0.15, -0.1) is 18.5 Å². The lowest BCUT2D eigenvalue weighted by molar-refractivity contribution is 0.288. The molecule has 0 amide bonds. The van der Waals surface area contributed by atoms with Gasteiger partial charge in [0.25, 0.3) is 5.56 Å². The molecule has 3 rings (SSSR count). The minimum atomic E-state index is -0.465.